The molecule has 110 valence electrons. The third-order valence-electron chi connectivity index (χ3n) is 2.85. The van der Waals surface area contributed by atoms with Crippen LogP contribution in [0.15, 0.2) is 11.2 Å². The number of sulfonamides is 1. The molecule has 0 atom stereocenters. The summed E-state index contributed by atoms with van der Waals surface area (Å²) in [4.78, 5) is 8.17. The maximum atomic E-state index is 12.1. The number of aromatic nitrogens is 4. The Kier molecular flexibility index (Phi) is 4.05. The number of hydrogen-bond acceptors (Lipinski definition) is 5. The van der Waals surface area contributed by atoms with E-state index >= 15 is 0 Å². The van der Waals surface area contributed by atoms with Gasteiger partial charge in [0.2, 0.25) is 0 Å². The number of hydrogen-bond donors (Lipinski definition) is 1. The number of aryl methyl sites for hydroxylation is 2. The van der Waals surface area contributed by atoms with Gasteiger partial charge in [-0.15, -0.1) is 5.10 Å². The van der Waals surface area contributed by atoms with Crippen molar-refractivity contribution in [3.05, 3.63) is 17.5 Å². The van der Waals surface area contributed by atoms with Crippen LogP contribution in [-0.2, 0) is 10.0 Å². The average molecular weight is 297 g/mol. The van der Waals surface area contributed by atoms with E-state index in [2.05, 4.69) is 19.8 Å². The van der Waals surface area contributed by atoms with E-state index in [1.54, 1.807) is 0 Å². The van der Waals surface area contributed by atoms with Crippen LogP contribution >= 0.6 is 0 Å². The molecule has 7 nitrogen and oxygen atoms in total. The predicted octanol–water partition coefficient (Wildman–Crippen LogP) is 1.07. The van der Waals surface area contributed by atoms with Crippen LogP contribution in [0.25, 0.3) is 5.78 Å². The molecule has 0 unspecified atom stereocenters. The van der Waals surface area contributed by atoms with E-state index in [1.807, 2.05) is 33.8 Å². The fourth-order valence-electron chi connectivity index (χ4n) is 1.81. The fraction of sp³-hybridized carbons (Fsp3) is 0.583. The predicted molar refractivity (Wildman–Crippen MR) is 74.9 cm³/mol. The Morgan fingerprint density at radius 3 is 2.65 bits per heavy atom. The Hall–Kier alpha value is -1.54. The average Bonchev–Trinajstić information content (AvgIpc) is 2.72. The van der Waals surface area contributed by atoms with Gasteiger partial charge in [0.25, 0.3) is 21.0 Å². The Labute approximate surface area is 118 Å². The minimum absolute atomic E-state index is 0.234. The number of nitrogens with zero attached hydrogens (tertiary/aromatic N) is 4. The van der Waals surface area contributed by atoms with Crippen molar-refractivity contribution in [2.24, 2.45) is 5.92 Å². The second-order valence-electron chi connectivity index (χ2n) is 5.23. The molecule has 0 fully saturated rings. The van der Waals surface area contributed by atoms with Gasteiger partial charge in [0.05, 0.1) is 0 Å². The first-order valence-corrected chi connectivity index (χ1v) is 7.98. The molecule has 20 heavy (non-hydrogen) atoms. The lowest BCUT2D eigenvalue weighted by Gasteiger charge is -2.05. The summed E-state index contributed by atoms with van der Waals surface area (Å²) in [6, 6.07) is 1.82. The molecule has 0 aromatic carbocycles. The molecule has 2 aromatic heterocycles. The van der Waals surface area contributed by atoms with Crippen LogP contribution in [0, 0.1) is 19.8 Å². The lowest BCUT2D eigenvalue weighted by molar-refractivity contribution is 0.546. The van der Waals surface area contributed by atoms with Crippen molar-refractivity contribution in [3.63, 3.8) is 0 Å². The minimum Gasteiger partial charge on any atom is -0.216 e. The fourth-order valence-corrected chi connectivity index (χ4v) is 2.71. The van der Waals surface area contributed by atoms with Gasteiger partial charge in [0, 0.05) is 17.9 Å². The quantitative estimate of drug-likeness (QED) is 0.891. The van der Waals surface area contributed by atoms with Crippen LogP contribution in [0.5, 0.6) is 0 Å². The van der Waals surface area contributed by atoms with Gasteiger partial charge in [0.1, 0.15) is 0 Å². The zero-order valence-corrected chi connectivity index (χ0v) is 12.9. The normalized spacial score (nSPS) is 12.4. The molecule has 8 heteroatoms. The molecule has 0 saturated carbocycles. The van der Waals surface area contributed by atoms with Gasteiger partial charge in [0.15, 0.2) is 0 Å². The van der Waals surface area contributed by atoms with Crippen molar-refractivity contribution in [3.8, 4) is 0 Å². The van der Waals surface area contributed by atoms with E-state index in [9.17, 15) is 8.42 Å². The molecule has 1 N–H and O–H groups in total. The van der Waals surface area contributed by atoms with Crippen molar-refractivity contribution in [1.29, 1.82) is 0 Å². The minimum atomic E-state index is -3.68. The van der Waals surface area contributed by atoms with Crippen molar-refractivity contribution in [2.45, 2.75) is 39.3 Å². The molecule has 0 saturated heterocycles. The van der Waals surface area contributed by atoms with Crippen LogP contribution < -0.4 is 4.72 Å². The van der Waals surface area contributed by atoms with Gasteiger partial charge in [-0.05, 0) is 32.3 Å². The van der Waals surface area contributed by atoms with Crippen molar-refractivity contribution < 1.29 is 8.42 Å². The molecule has 0 aliphatic carbocycles. The smallest absolute Gasteiger partial charge is 0.216 e. The summed E-state index contributed by atoms with van der Waals surface area (Å²) in [5.74, 6) is 0.727. The van der Waals surface area contributed by atoms with Crippen LogP contribution in [-0.4, -0.2) is 34.5 Å². The van der Waals surface area contributed by atoms with Gasteiger partial charge in [-0.3, -0.25) is 0 Å². The lowest BCUT2D eigenvalue weighted by atomic mass is 10.1. The van der Waals surface area contributed by atoms with E-state index in [0.29, 0.717) is 18.2 Å². The third kappa shape index (κ3) is 3.13. The Bertz CT molecular complexity index is 721. The van der Waals surface area contributed by atoms with Crippen molar-refractivity contribution >= 4 is 15.8 Å². The molecule has 0 aliphatic heterocycles. The summed E-state index contributed by atoms with van der Waals surface area (Å²) >= 11 is 0. The van der Waals surface area contributed by atoms with Gasteiger partial charge in [-0.1, -0.05) is 13.8 Å². The highest BCUT2D eigenvalue weighted by Crippen LogP contribution is 2.09. The molecular weight excluding hydrogens is 278 g/mol. The van der Waals surface area contributed by atoms with E-state index in [0.717, 1.165) is 17.8 Å². The molecule has 0 aliphatic rings. The molecule has 0 bridgehead atoms. The Balaban J connectivity index is 2.30. The maximum Gasteiger partial charge on any atom is 0.284 e. The van der Waals surface area contributed by atoms with Crippen LogP contribution in [0.1, 0.15) is 31.7 Å². The first-order chi connectivity index (χ1) is 9.29. The number of fused-ring (bicyclic) bond motifs is 1. The van der Waals surface area contributed by atoms with E-state index in [-0.39, 0.29) is 5.16 Å². The summed E-state index contributed by atoms with van der Waals surface area (Å²) in [7, 11) is -3.68. The van der Waals surface area contributed by atoms with Crippen LogP contribution in [0.4, 0.5) is 0 Å². The third-order valence-corrected chi connectivity index (χ3v) is 4.09. The van der Waals surface area contributed by atoms with E-state index in [4.69, 9.17) is 0 Å². The maximum absolute atomic E-state index is 12.1. The number of rotatable bonds is 5. The van der Waals surface area contributed by atoms with Crippen molar-refractivity contribution in [1.82, 2.24) is 24.3 Å². The highest BCUT2D eigenvalue weighted by atomic mass is 32.2. The molecule has 0 spiro atoms. The molecule has 2 heterocycles. The monoisotopic (exact) mass is 297 g/mol. The first kappa shape index (κ1) is 14.9. The Morgan fingerprint density at radius 2 is 2.00 bits per heavy atom. The number of nitrogens with one attached hydrogen (secondary N) is 1. The summed E-state index contributed by atoms with van der Waals surface area (Å²) in [6.45, 7) is 8.11. The largest absolute Gasteiger partial charge is 0.284 e. The molecule has 2 rings (SSSR count). The SMILES string of the molecule is Cc1cc(C)n2nc(S(=O)(=O)NCCC(C)C)nc2n1. The van der Waals surface area contributed by atoms with Gasteiger partial charge >= 0.3 is 0 Å². The first-order valence-electron chi connectivity index (χ1n) is 6.50. The van der Waals surface area contributed by atoms with E-state index in [1.165, 1.54) is 4.52 Å². The van der Waals surface area contributed by atoms with Crippen molar-refractivity contribution in [2.75, 3.05) is 6.54 Å². The summed E-state index contributed by atoms with van der Waals surface area (Å²) < 4.78 is 28.1. The summed E-state index contributed by atoms with van der Waals surface area (Å²) in [5.41, 5.74) is 1.57. The molecule has 2 aromatic rings. The zero-order valence-electron chi connectivity index (χ0n) is 12.1. The second-order valence-corrected chi connectivity index (χ2v) is 6.89. The lowest BCUT2D eigenvalue weighted by Crippen LogP contribution is -2.26. The topological polar surface area (TPSA) is 89.3 Å². The highest BCUT2D eigenvalue weighted by molar-refractivity contribution is 7.89. The zero-order chi connectivity index (χ0) is 14.9. The molecule has 0 radical (unpaired) electrons. The van der Waals surface area contributed by atoms with Crippen LogP contribution in [0.3, 0.4) is 0 Å². The second kappa shape index (κ2) is 5.45. The van der Waals surface area contributed by atoms with Gasteiger partial charge < -0.3 is 0 Å². The Morgan fingerprint density at radius 1 is 1.30 bits per heavy atom. The van der Waals surface area contributed by atoms with Gasteiger partial charge in [-0.25, -0.2) is 22.6 Å². The standard InChI is InChI=1S/C12H19N5O2S/c1-8(2)5-6-13-20(18,19)12-15-11-14-9(3)7-10(4)17(11)16-12/h7-8,13H,5-6H2,1-4H3. The molecule has 0 amide bonds. The van der Waals surface area contributed by atoms with Gasteiger partial charge in [-0.2, -0.15) is 4.98 Å². The summed E-state index contributed by atoms with van der Waals surface area (Å²) in [6.07, 6.45) is 0.767. The highest BCUT2D eigenvalue weighted by Gasteiger charge is 2.21. The van der Waals surface area contributed by atoms with E-state index < -0.39 is 10.0 Å². The summed E-state index contributed by atoms with van der Waals surface area (Å²) in [5, 5.41) is 3.78. The van der Waals surface area contributed by atoms with Crippen LogP contribution in [0.2, 0.25) is 0 Å². The molecular formula is C12H19N5O2S.